The lowest BCUT2D eigenvalue weighted by Gasteiger charge is -2.14. The lowest BCUT2D eigenvalue weighted by molar-refractivity contribution is 0.291. The maximum absolute atomic E-state index is 5.80. The quantitative estimate of drug-likeness (QED) is 0.690. The van der Waals surface area contributed by atoms with Crippen LogP contribution in [0.4, 0.5) is 0 Å². The van der Waals surface area contributed by atoms with E-state index in [0.717, 1.165) is 5.56 Å². The summed E-state index contributed by atoms with van der Waals surface area (Å²) in [4.78, 5) is 0. The van der Waals surface area contributed by atoms with Crippen LogP contribution in [0.5, 0.6) is 23.0 Å². The third-order valence-electron chi connectivity index (χ3n) is 2.96. The van der Waals surface area contributed by atoms with E-state index in [9.17, 15) is 0 Å². The molecule has 2 rings (SSSR count). The molecule has 2 aromatic carbocycles. The summed E-state index contributed by atoms with van der Waals surface area (Å²) in [7, 11) is 4.74. The second-order valence-corrected chi connectivity index (χ2v) is 5.52. The summed E-state index contributed by atoms with van der Waals surface area (Å²) in [5, 5.41) is 0. The smallest absolute Gasteiger partial charge is 0.203 e. The molecular formula is C16H17IO4. The van der Waals surface area contributed by atoms with Gasteiger partial charge in [-0.3, -0.25) is 0 Å². The minimum atomic E-state index is 0.482. The van der Waals surface area contributed by atoms with E-state index < -0.39 is 0 Å². The molecule has 0 unspecified atom stereocenters. The van der Waals surface area contributed by atoms with Gasteiger partial charge in [-0.25, -0.2) is 0 Å². The normalized spacial score (nSPS) is 10.1. The highest BCUT2D eigenvalue weighted by Gasteiger charge is 2.13. The van der Waals surface area contributed by atoms with Crippen LogP contribution in [0.25, 0.3) is 0 Å². The van der Waals surface area contributed by atoms with Crippen LogP contribution in [0, 0.1) is 3.57 Å². The molecule has 4 nitrogen and oxygen atoms in total. The second kappa shape index (κ2) is 7.40. The number of hydrogen-bond acceptors (Lipinski definition) is 4. The Balaban J connectivity index is 2.18. The van der Waals surface area contributed by atoms with Crippen molar-refractivity contribution in [2.24, 2.45) is 0 Å². The molecule has 0 N–H and O–H groups in total. The molecule has 0 saturated heterocycles. The van der Waals surface area contributed by atoms with E-state index in [-0.39, 0.29) is 0 Å². The van der Waals surface area contributed by atoms with Gasteiger partial charge >= 0.3 is 0 Å². The molecule has 112 valence electrons. The first-order valence-electron chi connectivity index (χ1n) is 6.35. The zero-order valence-corrected chi connectivity index (χ0v) is 14.3. The van der Waals surface area contributed by atoms with Gasteiger partial charge in [-0.2, -0.15) is 0 Å². The highest BCUT2D eigenvalue weighted by Crippen LogP contribution is 2.40. The number of halogens is 1. The monoisotopic (exact) mass is 400 g/mol. The molecule has 0 aliphatic carbocycles. The number of methoxy groups -OCH3 is 3. The zero-order chi connectivity index (χ0) is 15.2. The molecule has 5 heteroatoms. The van der Waals surface area contributed by atoms with Gasteiger partial charge < -0.3 is 18.9 Å². The molecule has 0 radical (unpaired) electrons. The van der Waals surface area contributed by atoms with Crippen LogP contribution < -0.4 is 18.9 Å². The Bertz CT molecular complexity index is 571. The Hall–Kier alpha value is -1.63. The molecule has 0 aromatic heterocycles. The summed E-state index contributed by atoms with van der Waals surface area (Å²) in [6.07, 6.45) is 0. The molecule has 0 saturated carbocycles. The first-order valence-corrected chi connectivity index (χ1v) is 7.43. The van der Waals surface area contributed by atoms with Crippen molar-refractivity contribution < 1.29 is 18.9 Å². The molecule has 0 aliphatic heterocycles. The van der Waals surface area contributed by atoms with Crippen LogP contribution >= 0.6 is 22.6 Å². The van der Waals surface area contributed by atoms with E-state index in [2.05, 4.69) is 34.7 Å². The number of hydrogen-bond donors (Lipinski definition) is 0. The predicted octanol–water partition coefficient (Wildman–Crippen LogP) is 3.90. The van der Waals surface area contributed by atoms with Crippen molar-refractivity contribution in [3.05, 3.63) is 45.5 Å². The van der Waals surface area contributed by atoms with Crippen LogP contribution in [0.3, 0.4) is 0 Å². The van der Waals surface area contributed by atoms with Gasteiger partial charge in [0.1, 0.15) is 12.4 Å². The van der Waals surface area contributed by atoms with Gasteiger partial charge in [0.25, 0.3) is 0 Å². The van der Waals surface area contributed by atoms with Crippen molar-refractivity contribution in [2.75, 3.05) is 21.3 Å². The van der Waals surface area contributed by atoms with Gasteiger partial charge in [0.05, 0.1) is 21.3 Å². The van der Waals surface area contributed by atoms with Crippen molar-refractivity contribution in [2.45, 2.75) is 6.61 Å². The Morgan fingerprint density at radius 2 is 1.43 bits per heavy atom. The first kappa shape index (κ1) is 15.8. The fraction of sp³-hybridized carbons (Fsp3) is 0.250. The average molecular weight is 400 g/mol. The highest BCUT2D eigenvalue weighted by molar-refractivity contribution is 14.1. The summed E-state index contributed by atoms with van der Waals surface area (Å²) in [6.45, 7) is 0.482. The standard InChI is InChI=1S/C16H17IO4/c1-18-14-8-13(9-15(19-2)16(14)20-3)21-10-11-4-6-12(17)7-5-11/h4-9H,10H2,1-3H3. The molecule has 0 aliphatic rings. The molecule has 0 heterocycles. The summed E-state index contributed by atoms with van der Waals surface area (Å²) in [5.41, 5.74) is 1.10. The van der Waals surface area contributed by atoms with E-state index in [1.54, 1.807) is 33.5 Å². The van der Waals surface area contributed by atoms with E-state index in [0.29, 0.717) is 29.6 Å². The van der Waals surface area contributed by atoms with Gasteiger partial charge in [0.2, 0.25) is 5.75 Å². The lowest BCUT2D eigenvalue weighted by Crippen LogP contribution is -1.99. The Labute approximate surface area is 138 Å². The summed E-state index contributed by atoms with van der Waals surface area (Å²) >= 11 is 2.28. The molecular weight excluding hydrogens is 383 g/mol. The topological polar surface area (TPSA) is 36.9 Å². The van der Waals surface area contributed by atoms with Crippen LogP contribution in [-0.2, 0) is 6.61 Å². The summed E-state index contributed by atoms with van der Waals surface area (Å²) in [5.74, 6) is 2.38. The van der Waals surface area contributed by atoms with Crippen molar-refractivity contribution in [3.8, 4) is 23.0 Å². The number of benzene rings is 2. The maximum atomic E-state index is 5.80. The molecule has 0 spiro atoms. The van der Waals surface area contributed by atoms with E-state index >= 15 is 0 Å². The molecule has 21 heavy (non-hydrogen) atoms. The minimum absolute atomic E-state index is 0.482. The SMILES string of the molecule is COc1cc(OCc2ccc(I)cc2)cc(OC)c1OC. The van der Waals surface area contributed by atoms with Gasteiger partial charge in [-0.1, -0.05) is 12.1 Å². The molecule has 0 fully saturated rings. The van der Waals surface area contributed by atoms with Crippen LogP contribution in [0.2, 0.25) is 0 Å². The second-order valence-electron chi connectivity index (χ2n) is 4.28. The number of ether oxygens (including phenoxy) is 4. The Kier molecular flexibility index (Phi) is 5.55. The fourth-order valence-electron chi connectivity index (χ4n) is 1.89. The van der Waals surface area contributed by atoms with Crippen LogP contribution in [0.1, 0.15) is 5.56 Å². The van der Waals surface area contributed by atoms with Gasteiger partial charge in [0, 0.05) is 15.7 Å². The Morgan fingerprint density at radius 3 is 1.90 bits per heavy atom. The molecule has 0 atom stereocenters. The zero-order valence-electron chi connectivity index (χ0n) is 12.2. The van der Waals surface area contributed by atoms with E-state index in [1.165, 1.54) is 3.57 Å². The largest absolute Gasteiger partial charge is 0.493 e. The third kappa shape index (κ3) is 3.93. The van der Waals surface area contributed by atoms with Crippen molar-refractivity contribution in [3.63, 3.8) is 0 Å². The first-order chi connectivity index (χ1) is 10.2. The van der Waals surface area contributed by atoms with Gasteiger partial charge in [0.15, 0.2) is 11.5 Å². The average Bonchev–Trinajstić information content (AvgIpc) is 2.53. The summed E-state index contributed by atoms with van der Waals surface area (Å²) < 4.78 is 22.9. The van der Waals surface area contributed by atoms with Crippen molar-refractivity contribution in [1.29, 1.82) is 0 Å². The maximum Gasteiger partial charge on any atom is 0.203 e. The fourth-order valence-corrected chi connectivity index (χ4v) is 2.25. The van der Waals surface area contributed by atoms with Gasteiger partial charge in [-0.15, -0.1) is 0 Å². The van der Waals surface area contributed by atoms with Crippen molar-refractivity contribution >= 4 is 22.6 Å². The number of rotatable bonds is 6. The molecule has 0 amide bonds. The van der Waals surface area contributed by atoms with Gasteiger partial charge in [-0.05, 0) is 40.3 Å². The van der Waals surface area contributed by atoms with E-state index in [1.807, 2.05) is 12.1 Å². The molecule has 0 bridgehead atoms. The highest BCUT2D eigenvalue weighted by atomic mass is 127. The van der Waals surface area contributed by atoms with E-state index in [4.69, 9.17) is 18.9 Å². The van der Waals surface area contributed by atoms with Crippen LogP contribution in [0.15, 0.2) is 36.4 Å². The minimum Gasteiger partial charge on any atom is -0.493 e. The third-order valence-corrected chi connectivity index (χ3v) is 3.68. The van der Waals surface area contributed by atoms with Crippen LogP contribution in [-0.4, -0.2) is 21.3 Å². The Morgan fingerprint density at radius 1 is 0.857 bits per heavy atom. The summed E-state index contributed by atoms with van der Waals surface area (Å²) in [6, 6.07) is 11.8. The predicted molar refractivity (Wildman–Crippen MR) is 89.6 cm³/mol. The molecule has 2 aromatic rings. The lowest BCUT2D eigenvalue weighted by atomic mass is 10.2. The van der Waals surface area contributed by atoms with Crippen molar-refractivity contribution in [1.82, 2.24) is 0 Å².